The number of ether oxygens (including phenoxy) is 1. The number of para-hydroxylation sites is 2. The van der Waals surface area contributed by atoms with Gasteiger partial charge < -0.3 is 19.7 Å². The van der Waals surface area contributed by atoms with Crippen LogP contribution < -0.4 is 10.1 Å². The zero-order chi connectivity index (χ0) is 17.6. The lowest BCUT2D eigenvalue weighted by Gasteiger charge is -2.10. The van der Waals surface area contributed by atoms with Gasteiger partial charge in [-0.05, 0) is 43.3 Å². The van der Waals surface area contributed by atoms with E-state index in [9.17, 15) is 4.79 Å². The molecule has 0 fully saturated rings. The van der Waals surface area contributed by atoms with Crippen LogP contribution in [0.1, 0.15) is 17.3 Å². The Kier molecular flexibility index (Phi) is 7.00. The number of Topliss-reactive ketones (excluding diaryl/α,β-unsaturated/α-hetero) is 1. The molecule has 0 unspecified atom stereocenters. The third-order valence-corrected chi connectivity index (χ3v) is 3.84. The summed E-state index contributed by atoms with van der Waals surface area (Å²) in [6.07, 6.45) is 0. The van der Waals surface area contributed by atoms with Gasteiger partial charge in [-0.25, -0.2) is 4.98 Å². The second-order valence-electron chi connectivity index (χ2n) is 5.54. The summed E-state index contributed by atoms with van der Waals surface area (Å²) in [5.74, 6) is 1.31. The fraction of sp³-hybridized carbons (Fsp3) is 0.263. The molecule has 0 saturated heterocycles. The lowest BCUT2D eigenvalue weighted by Crippen LogP contribution is -2.15. The number of halogens is 1. The molecule has 3 aromatic rings. The highest BCUT2D eigenvalue weighted by molar-refractivity contribution is 5.97. The van der Waals surface area contributed by atoms with Crippen molar-refractivity contribution in [2.75, 3.05) is 25.1 Å². The zero-order valence-electron chi connectivity index (χ0n) is 14.5. The van der Waals surface area contributed by atoms with Crippen molar-refractivity contribution in [1.29, 1.82) is 0 Å². The Morgan fingerprint density at radius 2 is 1.92 bits per heavy atom. The van der Waals surface area contributed by atoms with Crippen molar-refractivity contribution in [2.45, 2.75) is 13.5 Å². The van der Waals surface area contributed by atoms with Gasteiger partial charge in [0.25, 0.3) is 0 Å². The van der Waals surface area contributed by atoms with Gasteiger partial charge in [-0.2, -0.15) is 0 Å². The lowest BCUT2D eigenvalue weighted by molar-refractivity contribution is 0.0974. The molecule has 7 heteroatoms. The van der Waals surface area contributed by atoms with Crippen LogP contribution >= 0.6 is 12.4 Å². The number of aliphatic hydroxyl groups excluding tert-OH is 1. The molecule has 0 saturated carbocycles. The number of fused-ring (bicyclic) bond motifs is 1. The van der Waals surface area contributed by atoms with E-state index >= 15 is 0 Å². The smallest absolute Gasteiger partial charge is 0.204 e. The Morgan fingerprint density at radius 3 is 2.62 bits per heavy atom. The number of aliphatic hydroxyl groups is 1. The molecule has 0 aliphatic rings. The minimum Gasteiger partial charge on any atom is -0.494 e. The molecule has 0 aliphatic carbocycles. The third kappa shape index (κ3) is 4.33. The van der Waals surface area contributed by atoms with Crippen molar-refractivity contribution < 1.29 is 14.6 Å². The summed E-state index contributed by atoms with van der Waals surface area (Å²) in [6, 6.07) is 14.8. The predicted molar refractivity (Wildman–Crippen MR) is 104 cm³/mol. The number of imidazole rings is 1. The molecule has 3 rings (SSSR count). The number of rotatable bonds is 8. The van der Waals surface area contributed by atoms with Crippen LogP contribution in [0.2, 0.25) is 0 Å². The van der Waals surface area contributed by atoms with Crippen LogP contribution in [-0.4, -0.2) is 40.2 Å². The highest BCUT2D eigenvalue weighted by Gasteiger charge is 2.14. The monoisotopic (exact) mass is 375 g/mol. The molecule has 138 valence electrons. The van der Waals surface area contributed by atoms with E-state index in [4.69, 9.17) is 9.84 Å². The number of hydrogen-bond acceptors (Lipinski definition) is 5. The number of carbonyl (C=O) groups excluding carboxylic acids is 1. The van der Waals surface area contributed by atoms with Crippen molar-refractivity contribution in [1.82, 2.24) is 9.55 Å². The first-order chi connectivity index (χ1) is 12.2. The standard InChI is InChI=1S/C19H21N3O3.ClH/c1-2-25-15-9-7-14(8-10-15)18(24)13-22-17-6-4-3-5-16(17)21-19(22)20-11-12-23;/h3-10,23H,2,11-13H2,1H3,(H,20,21);1H. The van der Waals surface area contributed by atoms with E-state index in [0.717, 1.165) is 16.8 Å². The molecule has 0 radical (unpaired) electrons. The molecular formula is C19H22ClN3O3. The van der Waals surface area contributed by atoms with E-state index in [1.807, 2.05) is 35.8 Å². The summed E-state index contributed by atoms with van der Waals surface area (Å²) in [5, 5.41) is 12.1. The maximum Gasteiger partial charge on any atom is 0.204 e. The topological polar surface area (TPSA) is 76.4 Å². The van der Waals surface area contributed by atoms with Gasteiger partial charge in [0.05, 0.1) is 30.8 Å². The Labute approximate surface area is 158 Å². The zero-order valence-corrected chi connectivity index (χ0v) is 15.3. The van der Waals surface area contributed by atoms with E-state index in [1.165, 1.54) is 0 Å². The van der Waals surface area contributed by atoms with Crippen LogP contribution in [0.15, 0.2) is 48.5 Å². The molecule has 1 heterocycles. The molecule has 2 aromatic carbocycles. The number of carbonyl (C=O) groups is 1. The fourth-order valence-electron chi connectivity index (χ4n) is 2.68. The molecule has 0 spiro atoms. The normalized spacial score (nSPS) is 10.4. The van der Waals surface area contributed by atoms with Gasteiger partial charge in [0, 0.05) is 12.1 Å². The average molecular weight is 376 g/mol. The van der Waals surface area contributed by atoms with Crippen molar-refractivity contribution in [3.05, 3.63) is 54.1 Å². The van der Waals surface area contributed by atoms with Crippen LogP contribution in [0.3, 0.4) is 0 Å². The first kappa shape index (κ1) is 19.8. The van der Waals surface area contributed by atoms with Crippen molar-refractivity contribution in [3.8, 4) is 5.75 Å². The summed E-state index contributed by atoms with van der Waals surface area (Å²) >= 11 is 0. The highest BCUT2D eigenvalue weighted by atomic mass is 35.5. The Morgan fingerprint density at radius 1 is 1.19 bits per heavy atom. The largest absolute Gasteiger partial charge is 0.494 e. The van der Waals surface area contributed by atoms with E-state index < -0.39 is 0 Å². The minimum atomic E-state index is -0.0155. The molecule has 0 bridgehead atoms. The van der Waals surface area contributed by atoms with Crippen LogP contribution in [-0.2, 0) is 6.54 Å². The molecule has 0 atom stereocenters. The quantitative estimate of drug-likeness (QED) is 0.591. The van der Waals surface area contributed by atoms with Gasteiger partial charge >= 0.3 is 0 Å². The number of nitrogens with one attached hydrogen (secondary N) is 1. The van der Waals surface area contributed by atoms with E-state index in [-0.39, 0.29) is 31.3 Å². The number of hydrogen-bond donors (Lipinski definition) is 2. The Balaban J connectivity index is 0.00000243. The maximum absolute atomic E-state index is 12.7. The first-order valence-electron chi connectivity index (χ1n) is 8.29. The second kappa shape index (κ2) is 9.22. The second-order valence-corrected chi connectivity index (χ2v) is 5.54. The first-order valence-corrected chi connectivity index (χ1v) is 8.29. The van der Waals surface area contributed by atoms with Gasteiger partial charge in [-0.3, -0.25) is 4.79 Å². The highest BCUT2D eigenvalue weighted by Crippen LogP contribution is 2.21. The summed E-state index contributed by atoms with van der Waals surface area (Å²) in [7, 11) is 0. The van der Waals surface area contributed by atoms with E-state index in [0.29, 0.717) is 24.7 Å². The van der Waals surface area contributed by atoms with Gasteiger partial charge in [-0.1, -0.05) is 12.1 Å². The van der Waals surface area contributed by atoms with Crippen molar-refractivity contribution >= 4 is 35.2 Å². The third-order valence-electron chi connectivity index (χ3n) is 3.84. The molecule has 26 heavy (non-hydrogen) atoms. The Bertz CT molecular complexity index is 862. The van der Waals surface area contributed by atoms with E-state index in [1.54, 1.807) is 24.3 Å². The van der Waals surface area contributed by atoms with Gasteiger partial charge in [0.15, 0.2) is 5.78 Å². The van der Waals surface area contributed by atoms with Gasteiger partial charge in [0.1, 0.15) is 5.75 Å². The van der Waals surface area contributed by atoms with Crippen LogP contribution in [0.25, 0.3) is 11.0 Å². The number of nitrogens with zero attached hydrogens (tertiary/aromatic N) is 2. The van der Waals surface area contributed by atoms with Gasteiger partial charge in [-0.15, -0.1) is 12.4 Å². The maximum atomic E-state index is 12.7. The summed E-state index contributed by atoms with van der Waals surface area (Å²) < 4.78 is 7.24. The predicted octanol–water partition coefficient (Wildman–Crippen LogP) is 3.14. The number of benzene rings is 2. The molecule has 1 aromatic heterocycles. The molecule has 0 amide bonds. The molecule has 6 nitrogen and oxygen atoms in total. The lowest BCUT2D eigenvalue weighted by atomic mass is 10.1. The number of ketones is 1. The van der Waals surface area contributed by atoms with Crippen LogP contribution in [0.5, 0.6) is 5.75 Å². The molecule has 2 N–H and O–H groups in total. The van der Waals surface area contributed by atoms with Crippen molar-refractivity contribution in [3.63, 3.8) is 0 Å². The van der Waals surface area contributed by atoms with Gasteiger partial charge in [0.2, 0.25) is 5.95 Å². The number of anilines is 1. The molecular weight excluding hydrogens is 354 g/mol. The summed E-state index contributed by atoms with van der Waals surface area (Å²) in [5.41, 5.74) is 2.30. The van der Waals surface area contributed by atoms with Crippen LogP contribution in [0.4, 0.5) is 5.95 Å². The summed E-state index contributed by atoms with van der Waals surface area (Å²) in [4.78, 5) is 17.2. The molecule has 0 aliphatic heterocycles. The average Bonchev–Trinajstić information content (AvgIpc) is 2.98. The number of aromatic nitrogens is 2. The van der Waals surface area contributed by atoms with Crippen molar-refractivity contribution in [2.24, 2.45) is 0 Å². The van der Waals surface area contributed by atoms with E-state index in [2.05, 4.69) is 10.3 Å². The van der Waals surface area contributed by atoms with Crippen LogP contribution in [0, 0.1) is 0 Å². The Hall–Kier alpha value is -2.57. The minimum absolute atomic E-state index is 0. The fourth-order valence-corrected chi connectivity index (χ4v) is 2.68. The summed E-state index contributed by atoms with van der Waals surface area (Å²) in [6.45, 7) is 3.05. The SMILES string of the molecule is CCOc1ccc(C(=O)Cn2c(NCCO)nc3ccccc32)cc1.Cl.